The number of nitrogens with two attached hydrogens (primary N) is 1. The van der Waals surface area contributed by atoms with Crippen LogP contribution in [0.2, 0.25) is 0 Å². The molecule has 18 heavy (non-hydrogen) atoms. The van der Waals surface area contributed by atoms with Crippen molar-refractivity contribution in [3.63, 3.8) is 0 Å². The summed E-state index contributed by atoms with van der Waals surface area (Å²) in [6.07, 6.45) is 1.74. The van der Waals surface area contributed by atoms with Crippen LogP contribution in [0.15, 0.2) is 21.5 Å². The van der Waals surface area contributed by atoms with E-state index in [1.165, 1.54) is 0 Å². The zero-order chi connectivity index (χ0) is 13.9. The molecule has 0 aliphatic heterocycles. The highest BCUT2D eigenvalue weighted by Crippen LogP contribution is 2.26. The lowest BCUT2D eigenvalue weighted by molar-refractivity contribution is 0.543. The van der Waals surface area contributed by atoms with Crippen molar-refractivity contribution in [2.75, 3.05) is 5.73 Å². The van der Waals surface area contributed by atoms with Crippen molar-refractivity contribution in [1.29, 1.82) is 0 Å². The zero-order valence-corrected chi connectivity index (χ0v) is 13.2. The van der Waals surface area contributed by atoms with Crippen molar-refractivity contribution in [3.05, 3.63) is 22.2 Å². The minimum absolute atomic E-state index is 0.0837. The Balaban J connectivity index is 3.13. The van der Waals surface area contributed by atoms with Gasteiger partial charge in [0.2, 0.25) is 10.0 Å². The fourth-order valence-electron chi connectivity index (χ4n) is 1.77. The molecule has 1 atom stereocenters. The molecule has 0 saturated heterocycles. The Morgan fingerprint density at radius 2 is 2.06 bits per heavy atom. The predicted molar refractivity (Wildman–Crippen MR) is 78.0 cm³/mol. The van der Waals surface area contributed by atoms with Crippen LogP contribution in [0.3, 0.4) is 0 Å². The summed E-state index contributed by atoms with van der Waals surface area (Å²) in [5.74, 6) is 0. The smallest absolute Gasteiger partial charge is 0.241 e. The Labute approximate surface area is 117 Å². The molecule has 4 nitrogen and oxygen atoms in total. The lowest BCUT2D eigenvalue weighted by Crippen LogP contribution is -2.33. The fraction of sp³-hybridized carbons (Fsp3) is 0.500. The normalized spacial score (nSPS) is 13.6. The van der Waals surface area contributed by atoms with E-state index in [0.717, 1.165) is 12.8 Å². The molecule has 0 radical (unpaired) electrons. The molecular formula is C12H19BrN2O2S. The van der Waals surface area contributed by atoms with Crippen LogP contribution in [-0.4, -0.2) is 14.5 Å². The van der Waals surface area contributed by atoms with Gasteiger partial charge in [-0.2, -0.15) is 0 Å². The molecule has 0 heterocycles. The molecule has 102 valence electrons. The first-order chi connectivity index (χ1) is 8.27. The van der Waals surface area contributed by atoms with Gasteiger partial charge in [-0.05, 0) is 38.0 Å². The molecule has 1 unspecified atom stereocenters. The maximum absolute atomic E-state index is 12.3. The van der Waals surface area contributed by atoms with E-state index in [-0.39, 0.29) is 10.9 Å². The summed E-state index contributed by atoms with van der Waals surface area (Å²) >= 11 is 3.26. The van der Waals surface area contributed by atoms with E-state index >= 15 is 0 Å². The van der Waals surface area contributed by atoms with E-state index in [4.69, 9.17) is 5.73 Å². The van der Waals surface area contributed by atoms with Gasteiger partial charge >= 0.3 is 0 Å². The second-order valence-electron chi connectivity index (χ2n) is 4.43. The molecular weight excluding hydrogens is 316 g/mol. The molecule has 0 bridgehead atoms. The maximum Gasteiger partial charge on any atom is 0.241 e. The Hall–Kier alpha value is -0.590. The second kappa shape index (κ2) is 6.04. The zero-order valence-electron chi connectivity index (χ0n) is 10.8. The monoisotopic (exact) mass is 334 g/mol. The Morgan fingerprint density at radius 1 is 1.44 bits per heavy atom. The Bertz CT molecular complexity index is 529. The second-order valence-corrected chi connectivity index (χ2v) is 7.03. The van der Waals surface area contributed by atoms with Crippen molar-refractivity contribution < 1.29 is 8.42 Å². The average molecular weight is 335 g/mol. The van der Waals surface area contributed by atoms with E-state index in [1.807, 2.05) is 13.8 Å². The third kappa shape index (κ3) is 3.70. The Kier molecular flexibility index (Phi) is 5.19. The Morgan fingerprint density at radius 3 is 2.61 bits per heavy atom. The molecule has 1 aromatic rings. The highest BCUT2D eigenvalue weighted by molar-refractivity contribution is 9.10. The number of nitrogen functional groups attached to an aromatic ring is 1. The first kappa shape index (κ1) is 15.5. The van der Waals surface area contributed by atoms with E-state index in [1.54, 1.807) is 19.1 Å². The summed E-state index contributed by atoms with van der Waals surface area (Å²) in [6.45, 7) is 5.59. The van der Waals surface area contributed by atoms with Crippen molar-refractivity contribution in [2.45, 2.75) is 44.6 Å². The highest BCUT2D eigenvalue weighted by Gasteiger charge is 2.20. The molecule has 0 spiro atoms. The third-order valence-corrected chi connectivity index (χ3v) is 4.91. The van der Waals surface area contributed by atoms with Crippen molar-refractivity contribution in [3.8, 4) is 0 Å². The van der Waals surface area contributed by atoms with E-state index in [2.05, 4.69) is 20.7 Å². The lowest BCUT2D eigenvalue weighted by atomic mass is 10.2. The molecule has 1 rings (SSSR count). The summed E-state index contributed by atoms with van der Waals surface area (Å²) in [5, 5.41) is 0. The highest BCUT2D eigenvalue weighted by atomic mass is 79.9. The average Bonchev–Trinajstić information content (AvgIpc) is 2.22. The van der Waals surface area contributed by atoms with Crippen LogP contribution in [-0.2, 0) is 10.0 Å². The number of nitrogens with one attached hydrogen (secondary N) is 1. The summed E-state index contributed by atoms with van der Waals surface area (Å²) < 4.78 is 27.8. The number of hydrogen-bond donors (Lipinski definition) is 2. The molecule has 3 N–H and O–H groups in total. The molecule has 0 aromatic heterocycles. The number of benzene rings is 1. The molecule has 0 aliphatic rings. The minimum atomic E-state index is -3.52. The van der Waals surface area contributed by atoms with E-state index < -0.39 is 10.0 Å². The molecule has 1 aromatic carbocycles. The number of anilines is 1. The minimum Gasteiger partial charge on any atom is -0.398 e. The van der Waals surface area contributed by atoms with Gasteiger partial charge in [0.15, 0.2) is 0 Å². The van der Waals surface area contributed by atoms with Crippen molar-refractivity contribution in [2.24, 2.45) is 0 Å². The van der Waals surface area contributed by atoms with Gasteiger partial charge in [0, 0.05) is 16.2 Å². The van der Waals surface area contributed by atoms with Crippen LogP contribution in [0, 0.1) is 6.92 Å². The van der Waals surface area contributed by atoms with Crippen LogP contribution in [0.5, 0.6) is 0 Å². The van der Waals surface area contributed by atoms with Crippen LogP contribution in [0.1, 0.15) is 32.3 Å². The molecule has 0 aliphatic carbocycles. The van der Waals surface area contributed by atoms with Crippen LogP contribution >= 0.6 is 15.9 Å². The van der Waals surface area contributed by atoms with Gasteiger partial charge in [0.1, 0.15) is 0 Å². The molecule has 0 saturated carbocycles. The van der Waals surface area contributed by atoms with Gasteiger partial charge in [0.25, 0.3) is 0 Å². The first-order valence-corrected chi connectivity index (χ1v) is 8.13. The standard InChI is InChI=1S/C12H19BrN2O2S/c1-4-5-8(2)15-18(16,17)12-7-10(13)6-11(14)9(12)3/h6-8,15H,4-5,14H2,1-3H3. The SMILES string of the molecule is CCCC(C)NS(=O)(=O)c1cc(Br)cc(N)c1C. The quantitative estimate of drug-likeness (QED) is 0.813. The fourth-order valence-corrected chi connectivity index (χ4v) is 3.98. The topological polar surface area (TPSA) is 72.2 Å². The summed E-state index contributed by atoms with van der Waals surface area (Å²) in [6, 6.07) is 3.19. The number of sulfonamides is 1. The van der Waals surface area contributed by atoms with E-state index in [9.17, 15) is 8.42 Å². The summed E-state index contributed by atoms with van der Waals surface area (Å²) in [7, 11) is -3.52. The number of rotatable bonds is 5. The van der Waals surface area contributed by atoms with Gasteiger partial charge in [-0.3, -0.25) is 0 Å². The summed E-state index contributed by atoms with van der Waals surface area (Å²) in [5.41, 5.74) is 6.83. The first-order valence-electron chi connectivity index (χ1n) is 5.86. The number of halogens is 1. The third-order valence-electron chi connectivity index (χ3n) is 2.73. The van der Waals surface area contributed by atoms with Gasteiger partial charge in [-0.25, -0.2) is 13.1 Å². The number of hydrogen-bond acceptors (Lipinski definition) is 3. The lowest BCUT2D eigenvalue weighted by Gasteiger charge is -2.16. The largest absolute Gasteiger partial charge is 0.398 e. The van der Waals surface area contributed by atoms with E-state index in [0.29, 0.717) is 15.7 Å². The van der Waals surface area contributed by atoms with Crippen LogP contribution < -0.4 is 10.5 Å². The van der Waals surface area contributed by atoms with Crippen molar-refractivity contribution in [1.82, 2.24) is 4.72 Å². The van der Waals surface area contributed by atoms with Gasteiger partial charge < -0.3 is 5.73 Å². The summed E-state index contributed by atoms with van der Waals surface area (Å²) in [4.78, 5) is 0.234. The van der Waals surface area contributed by atoms with Gasteiger partial charge in [-0.1, -0.05) is 29.3 Å². The van der Waals surface area contributed by atoms with Crippen LogP contribution in [0.4, 0.5) is 5.69 Å². The molecule has 0 amide bonds. The van der Waals surface area contributed by atoms with Crippen LogP contribution in [0.25, 0.3) is 0 Å². The van der Waals surface area contributed by atoms with Crippen molar-refractivity contribution >= 4 is 31.6 Å². The molecule has 0 fully saturated rings. The maximum atomic E-state index is 12.3. The van der Waals surface area contributed by atoms with Gasteiger partial charge in [-0.15, -0.1) is 0 Å². The van der Waals surface area contributed by atoms with Gasteiger partial charge in [0.05, 0.1) is 4.90 Å². The predicted octanol–water partition coefficient (Wildman–Crippen LogP) is 2.81. The molecule has 6 heteroatoms.